The van der Waals surface area contributed by atoms with Gasteiger partial charge < -0.3 is 10.5 Å². The molecule has 0 amide bonds. The van der Waals surface area contributed by atoms with E-state index in [1.54, 1.807) is 7.11 Å². The summed E-state index contributed by atoms with van der Waals surface area (Å²) in [7, 11) is 1.70. The monoisotopic (exact) mass is 239 g/mol. The smallest absolute Gasteiger partial charge is 0.122 e. The van der Waals surface area contributed by atoms with Crippen molar-refractivity contribution >= 4 is 11.6 Å². The quantitative estimate of drug-likeness (QED) is 0.877. The molecule has 0 unspecified atom stereocenters. The molecule has 16 heavy (non-hydrogen) atoms. The highest BCUT2D eigenvalue weighted by Gasteiger charge is 2.41. The molecule has 1 aromatic carbocycles. The van der Waals surface area contributed by atoms with Gasteiger partial charge in [-0.1, -0.05) is 11.6 Å². The van der Waals surface area contributed by atoms with Crippen molar-refractivity contribution in [3.8, 4) is 5.75 Å². The number of halogens is 1. The molecule has 0 radical (unpaired) electrons. The second-order valence-electron chi connectivity index (χ2n) is 4.79. The second kappa shape index (κ2) is 4.27. The predicted octanol–water partition coefficient (Wildman–Crippen LogP) is 2.94. The van der Waals surface area contributed by atoms with Crippen LogP contribution < -0.4 is 10.5 Å². The summed E-state index contributed by atoms with van der Waals surface area (Å²) in [6, 6.07) is 4.02. The Labute approximate surface area is 102 Å². The van der Waals surface area contributed by atoms with E-state index >= 15 is 0 Å². The molecule has 2 rings (SSSR count). The molecule has 3 heteroatoms. The highest BCUT2D eigenvalue weighted by atomic mass is 35.5. The molecule has 1 aliphatic carbocycles. The van der Waals surface area contributed by atoms with Gasteiger partial charge in [-0.05, 0) is 61.4 Å². The van der Waals surface area contributed by atoms with Gasteiger partial charge in [-0.15, -0.1) is 0 Å². The van der Waals surface area contributed by atoms with Crippen molar-refractivity contribution in [3.63, 3.8) is 0 Å². The summed E-state index contributed by atoms with van der Waals surface area (Å²) >= 11 is 6.15. The van der Waals surface area contributed by atoms with Gasteiger partial charge in [0.1, 0.15) is 5.75 Å². The zero-order valence-electron chi connectivity index (χ0n) is 9.85. The molecule has 2 N–H and O–H groups in total. The normalized spacial score (nSPS) is 17.2. The number of hydrogen-bond donors (Lipinski definition) is 1. The van der Waals surface area contributed by atoms with Crippen LogP contribution in [0.15, 0.2) is 12.1 Å². The maximum atomic E-state index is 6.15. The Balaban J connectivity index is 2.28. The van der Waals surface area contributed by atoms with E-state index in [1.165, 1.54) is 18.4 Å². The van der Waals surface area contributed by atoms with Crippen LogP contribution in [0.4, 0.5) is 0 Å². The summed E-state index contributed by atoms with van der Waals surface area (Å²) in [6.07, 6.45) is 3.42. The van der Waals surface area contributed by atoms with Gasteiger partial charge in [0, 0.05) is 5.02 Å². The summed E-state index contributed by atoms with van der Waals surface area (Å²) in [5.74, 6) is 0.932. The van der Waals surface area contributed by atoms with Crippen LogP contribution >= 0.6 is 11.6 Å². The number of benzene rings is 1. The van der Waals surface area contributed by atoms with Crippen molar-refractivity contribution in [2.24, 2.45) is 11.1 Å². The van der Waals surface area contributed by atoms with Crippen LogP contribution in [0.25, 0.3) is 0 Å². The molecule has 0 bridgehead atoms. The first-order valence-electron chi connectivity index (χ1n) is 5.63. The van der Waals surface area contributed by atoms with Crippen LogP contribution in [0.2, 0.25) is 5.02 Å². The Hall–Kier alpha value is -0.730. The van der Waals surface area contributed by atoms with Crippen LogP contribution in [0, 0.1) is 12.3 Å². The lowest BCUT2D eigenvalue weighted by atomic mass is 9.95. The summed E-state index contributed by atoms with van der Waals surface area (Å²) < 4.78 is 5.40. The molecule has 0 aliphatic heterocycles. The molecular weight excluding hydrogens is 222 g/mol. The van der Waals surface area contributed by atoms with Crippen molar-refractivity contribution in [2.45, 2.75) is 26.2 Å². The highest BCUT2D eigenvalue weighted by molar-refractivity contribution is 6.31. The van der Waals surface area contributed by atoms with E-state index < -0.39 is 0 Å². The van der Waals surface area contributed by atoms with E-state index in [-0.39, 0.29) is 0 Å². The highest BCUT2D eigenvalue weighted by Crippen LogP contribution is 2.48. The van der Waals surface area contributed by atoms with Crippen LogP contribution in [-0.4, -0.2) is 13.7 Å². The number of hydrogen-bond acceptors (Lipinski definition) is 2. The molecule has 2 nitrogen and oxygen atoms in total. The molecule has 1 saturated carbocycles. The molecule has 0 heterocycles. The van der Waals surface area contributed by atoms with Gasteiger partial charge in [-0.2, -0.15) is 0 Å². The van der Waals surface area contributed by atoms with Gasteiger partial charge >= 0.3 is 0 Å². The number of rotatable bonds is 4. The second-order valence-corrected chi connectivity index (χ2v) is 5.20. The number of nitrogens with two attached hydrogens (primary N) is 1. The minimum atomic E-state index is 0.311. The summed E-state index contributed by atoms with van der Waals surface area (Å²) in [5.41, 5.74) is 8.35. The molecule has 88 valence electrons. The first kappa shape index (κ1) is 11.7. The lowest BCUT2D eigenvalue weighted by Gasteiger charge is -2.16. The van der Waals surface area contributed by atoms with Crippen LogP contribution in [-0.2, 0) is 6.42 Å². The van der Waals surface area contributed by atoms with E-state index in [4.69, 9.17) is 22.1 Å². The fourth-order valence-corrected chi connectivity index (χ4v) is 2.24. The van der Waals surface area contributed by atoms with Crippen molar-refractivity contribution in [2.75, 3.05) is 13.7 Å². The fourth-order valence-electron chi connectivity index (χ4n) is 2.06. The lowest BCUT2D eigenvalue weighted by molar-refractivity contribution is 0.402. The van der Waals surface area contributed by atoms with Crippen LogP contribution in [0.5, 0.6) is 5.75 Å². The maximum Gasteiger partial charge on any atom is 0.122 e. The Kier molecular flexibility index (Phi) is 3.13. The van der Waals surface area contributed by atoms with E-state index in [1.807, 2.05) is 19.1 Å². The Morgan fingerprint density at radius 3 is 2.62 bits per heavy atom. The number of ether oxygens (including phenoxy) is 1. The Morgan fingerprint density at radius 2 is 2.12 bits per heavy atom. The third-order valence-corrected chi connectivity index (χ3v) is 3.92. The Morgan fingerprint density at radius 1 is 1.44 bits per heavy atom. The average Bonchev–Trinajstić information content (AvgIpc) is 3.04. The van der Waals surface area contributed by atoms with Gasteiger partial charge in [0.25, 0.3) is 0 Å². The summed E-state index contributed by atoms with van der Waals surface area (Å²) in [5, 5.41) is 0.809. The van der Waals surface area contributed by atoms with Crippen LogP contribution in [0.3, 0.4) is 0 Å². The lowest BCUT2D eigenvalue weighted by Crippen LogP contribution is -2.18. The molecule has 1 fully saturated rings. The van der Waals surface area contributed by atoms with Crippen molar-refractivity contribution < 1.29 is 4.74 Å². The maximum absolute atomic E-state index is 6.15. The minimum absolute atomic E-state index is 0.311. The van der Waals surface area contributed by atoms with Gasteiger partial charge in [-0.25, -0.2) is 0 Å². The third kappa shape index (κ3) is 2.18. The number of methoxy groups -OCH3 is 1. The molecule has 0 atom stereocenters. The van der Waals surface area contributed by atoms with Gasteiger partial charge in [0.05, 0.1) is 7.11 Å². The first-order chi connectivity index (χ1) is 7.60. The van der Waals surface area contributed by atoms with Crippen molar-refractivity contribution in [1.82, 2.24) is 0 Å². The van der Waals surface area contributed by atoms with Crippen LogP contribution in [0.1, 0.15) is 24.0 Å². The summed E-state index contributed by atoms with van der Waals surface area (Å²) in [4.78, 5) is 0. The minimum Gasteiger partial charge on any atom is -0.496 e. The van der Waals surface area contributed by atoms with E-state index in [9.17, 15) is 0 Å². The summed E-state index contributed by atoms with van der Waals surface area (Å²) in [6.45, 7) is 2.74. The van der Waals surface area contributed by atoms with E-state index in [0.717, 1.165) is 29.3 Å². The topological polar surface area (TPSA) is 35.2 Å². The van der Waals surface area contributed by atoms with Gasteiger partial charge in [0.15, 0.2) is 0 Å². The molecule has 0 aromatic heterocycles. The van der Waals surface area contributed by atoms with E-state index in [2.05, 4.69) is 0 Å². The van der Waals surface area contributed by atoms with Gasteiger partial charge in [0.2, 0.25) is 0 Å². The molecule has 1 aromatic rings. The van der Waals surface area contributed by atoms with Gasteiger partial charge in [-0.3, -0.25) is 0 Å². The van der Waals surface area contributed by atoms with E-state index in [0.29, 0.717) is 5.41 Å². The van der Waals surface area contributed by atoms with Crippen molar-refractivity contribution in [3.05, 3.63) is 28.3 Å². The standard InChI is InChI=1S/C13H18ClNO/c1-9-5-12(16-2)10(6-11(9)14)7-13(8-15)3-4-13/h5-6H,3-4,7-8,15H2,1-2H3. The number of aryl methyl sites for hydroxylation is 1. The predicted molar refractivity (Wildman–Crippen MR) is 67.2 cm³/mol. The average molecular weight is 240 g/mol. The van der Waals surface area contributed by atoms with Crippen molar-refractivity contribution in [1.29, 1.82) is 0 Å². The molecule has 0 spiro atoms. The Bertz CT molecular complexity index is 399. The first-order valence-corrected chi connectivity index (χ1v) is 6.01. The molecule has 1 aliphatic rings. The molecule has 0 saturated heterocycles. The zero-order valence-corrected chi connectivity index (χ0v) is 10.6. The zero-order chi connectivity index (χ0) is 11.8. The fraction of sp³-hybridized carbons (Fsp3) is 0.538. The largest absolute Gasteiger partial charge is 0.496 e. The molecular formula is C13H18ClNO. The third-order valence-electron chi connectivity index (χ3n) is 3.52. The SMILES string of the molecule is COc1cc(C)c(Cl)cc1CC1(CN)CC1.